The van der Waals surface area contributed by atoms with Gasteiger partial charge in [0.2, 0.25) is 0 Å². The Kier molecular flexibility index (Phi) is 6.09. The first kappa shape index (κ1) is 14.6. The quantitative estimate of drug-likeness (QED) is 0.812. The molecule has 4 heteroatoms. The van der Waals surface area contributed by atoms with Crippen molar-refractivity contribution in [1.82, 2.24) is 15.2 Å². The van der Waals surface area contributed by atoms with Crippen molar-refractivity contribution in [2.24, 2.45) is 0 Å². The third kappa shape index (κ3) is 4.37. The van der Waals surface area contributed by atoms with E-state index in [4.69, 9.17) is 0 Å². The highest BCUT2D eigenvalue weighted by atomic mass is 32.1. The van der Waals surface area contributed by atoms with Gasteiger partial charge in [-0.15, -0.1) is 11.3 Å². The molecule has 1 unspecified atom stereocenters. The number of hydrogen-bond donors (Lipinski definition) is 1. The van der Waals surface area contributed by atoms with E-state index in [1.165, 1.54) is 10.6 Å². The van der Waals surface area contributed by atoms with Crippen molar-refractivity contribution in [1.29, 1.82) is 0 Å². The molecule has 0 amide bonds. The van der Waals surface area contributed by atoms with Crippen LogP contribution in [0.25, 0.3) is 0 Å². The highest BCUT2D eigenvalue weighted by Crippen LogP contribution is 2.22. The number of nitrogens with one attached hydrogen (secondary N) is 1. The molecule has 1 atom stereocenters. The lowest BCUT2D eigenvalue weighted by Crippen LogP contribution is -2.33. The lowest BCUT2D eigenvalue weighted by molar-refractivity contribution is 0.297. The molecule has 1 rings (SSSR count). The van der Waals surface area contributed by atoms with E-state index < -0.39 is 0 Å². The van der Waals surface area contributed by atoms with Gasteiger partial charge in [0.1, 0.15) is 0 Å². The smallest absolute Gasteiger partial charge is 0.0900 e. The lowest BCUT2D eigenvalue weighted by Gasteiger charge is -2.20. The first-order valence-electron chi connectivity index (χ1n) is 6.48. The monoisotopic (exact) mass is 255 g/mol. The van der Waals surface area contributed by atoms with Crippen LogP contribution in [0.2, 0.25) is 0 Å². The number of hydrogen-bond acceptors (Lipinski definition) is 4. The third-order valence-electron chi connectivity index (χ3n) is 3.12. The van der Waals surface area contributed by atoms with Gasteiger partial charge in [0.15, 0.2) is 0 Å². The molecule has 0 bridgehead atoms. The van der Waals surface area contributed by atoms with Crippen molar-refractivity contribution in [3.05, 3.63) is 15.6 Å². The first-order valence-corrected chi connectivity index (χ1v) is 7.29. The normalized spacial score (nSPS) is 13.3. The molecule has 0 spiro atoms. The molecular weight excluding hydrogens is 230 g/mol. The lowest BCUT2D eigenvalue weighted by atomic mass is 10.2. The van der Waals surface area contributed by atoms with E-state index >= 15 is 0 Å². The molecule has 98 valence electrons. The van der Waals surface area contributed by atoms with Gasteiger partial charge in [-0.25, -0.2) is 4.98 Å². The fraction of sp³-hybridized carbons (Fsp3) is 0.769. The minimum absolute atomic E-state index is 0.357. The number of rotatable bonds is 7. The Bertz CT molecular complexity index is 331. The van der Waals surface area contributed by atoms with Crippen LogP contribution in [0.4, 0.5) is 0 Å². The molecular formula is C13H25N3S. The molecule has 1 aromatic heterocycles. The Labute approximate surface area is 109 Å². The fourth-order valence-corrected chi connectivity index (χ4v) is 2.94. The zero-order valence-electron chi connectivity index (χ0n) is 11.7. The minimum atomic E-state index is 0.357. The molecule has 0 saturated heterocycles. The van der Waals surface area contributed by atoms with Gasteiger partial charge >= 0.3 is 0 Å². The van der Waals surface area contributed by atoms with Crippen LogP contribution in [-0.4, -0.2) is 36.1 Å². The summed E-state index contributed by atoms with van der Waals surface area (Å²) in [6.07, 6.45) is 0. The average molecular weight is 255 g/mol. The highest BCUT2D eigenvalue weighted by Gasteiger charge is 2.12. The number of aromatic nitrogens is 1. The summed E-state index contributed by atoms with van der Waals surface area (Å²) in [6.45, 7) is 15.2. The summed E-state index contributed by atoms with van der Waals surface area (Å²) in [7, 11) is 0. The maximum atomic E-state index is 4.59. The number of nitrogens with zero attached hydrogens (tertiary/aromatic N) is 2. The zero-order chi connectivity index (χ0) is 12.8. The Hall–Kier alpha value is -0.450. The second kappa shape index (κ2) is 7.09. The third-order valence-corrected chi connectivity index (χ3v) is 4.02. The van der Waals surface area contributed by atoms with Crippen LogP contribution in [0, 0.1) is 13.8 Å². The summed E-state index contributed by atoms with van der Waals surface area (Å²) >= 11 is 1.78. The van der Waals surface area contributed by atoms with Gasteiger partial charge in [-0.1, -0.05) is 13.8 Å². The topological polar surface area (TPSA) is 28.2 Å². The maximum absolute atomic E-state index is 4.59. The Morgan fingerprint density at radius 1 is 1.29 bits per heavy atom. The Balaban J connectivity index is 2.39. The SMILES string of the molecule is CCN(CC)CCNC(C)c1nc(C)sc1C. The molecule has 3 nitrogen and oxygen atoms in total. The van der Waals surface area contributed by atoms with Crippen LogP contribution < -0.4 is 5.32 Å². The summed E-state index contributed by atoms with van der Waals surface area (Å²) in [5.74, 6) is 0. The van der Waals surface area contributed by atoms with Crippen molar-refractivity contribution < 1.29 is 0 Å². The predicted molar refractivity (Wildman–Crippen MR) is 75.8 cm³/mol. The largest absolute Gasteiger partial charge is 0.308 e. The minimum Gasteiger partial charge on any atom is -0.308 e. The molecule has 1 N–H and O–H groups in total. The summed E-state index contributed by atoms with van der Waals surface area (Å²) in [4.78, 5) is 8.36. The van der Waals surface area contributed by atoms with Gasteiger partial charge in [-0.05, 0) is 33.9 Å². The molecule has 0 aliphatic carbocycles. The van der Waals surface area contributed by atoms with Gasteiger partial charge < -0.3 is 10.2 Å². The van der Waals surface area contributed by atoms with Gasteiger partial charge in [0.05, 0.1) is 10.7 Å². The fourth-order valence-electron chi connectivity index (χ4n) is 2.02. The summed E-state index contributed by atoms with van der Waals surface area (Å²) in [6, 6.07) is 0.357. The van der Waals surface area contributed by atoms with Gasteiger partial charge in [0.25, 0.3) is 0 Å². The van der Waals surface area contributed by atoms with E-state index in [0.717, 1.165) is 31.2 Å². The van der Waals surface area contributed by atoms with E-state index in [-0.39, 0.29) is 0 Å². The number of aryl methyl sites for hydroxylation is 2. The molecule has 0 saturated carbocycles. The van der Waals surface area contributed by atoms with E-state index in [2.05, 4.69) is 49.8 Å². The molecule has 0 radical (unpaired) electrons. The maximum Gasteiger partial charge on any atom is 0.0900 e. The molecule has 0 fully saturated rings. The number of likely N-dealkylation sites (N-methyl/N-ethyl adjacent to an activating group) is 1. The van der Waals surface area contributed by atoms with E-state index in [1.807, 2.05) is 0 Å². The Morgan fingerprint density at radius 3 is 2.41 bits per heavy atom. The zero-order valence-corrected chi connectivity index (χ0v) is 12.5. The molecule has 0 aliphatic heterocycles. The van der Waals surface area contributed by atoms with Crippen LogP contribution >= 0.6 is 11.3 Å². The summed E-state index contributed by atoms with van der Waals surface area (Å²) in [5.41, 5.74) is 1.21. The van der Waals surface area contributed by atoms with Crippen molar-refractivity contribution in [3.63, 3.8) is 0 Å². The van der Waals surface area contributed by atoms with Crippen LogP contribution in [0.3, 0.4) is 0 Å². The number of thiazole rings is 1. The summed E-state index contributed by atoms with van der Waals surface area (Å²) < 4.78 is 0. The van der Waals surface area contributed by atoms with E-state index in [0.29, 0.717) is 6.04 Å². The average Bonchev–Trinajstić information content (AvgIpc) is 2.64. The predicted octanol–water partition coefficient (Wildman–Crippen LogP) is 2.75. The van der Waals surface area contributed by atoms with Crippen molar-refractivity contribution in [2.75, 3.05) is 26.2 Å². The summed E-state index contributed by atoms with van der Waals surface area (Å²) in [5, 5.41) is 4.72. The molecule has 17 heavy (non-hydrogen) atoms. The Morgan fingerprint density at radius 2 is 1.94 bits per heavy atom. The van der Waals surface area contributed by atoms with Crippen LogP contribution in [-0.2, 0) is 0 Å². The van der Waals surface area contributed by atoms with E-state index in [1.54, 1.807) is 11.3 Å². The first-order chi connectivity index (χ1) is 8.08. The van der Waals surface area contributed by atoms with Gasteiger partial charge in [0, 0.05) is 24.0 Å². The molecule has 0 aliphatic rings. The molecule has 1 aromatic rings. The van der Waals surface area contributed by atoms with Crippen LogP contribution in [0.15, 0.2) is 0 Å². The van der Waals surface area contributed by atoms with Gasteiger partial charge in [-0.2, -0.15) is 0 Å². The van der Waals surface area contributed by atoms with Crippen LogP contribution in [0.5, 0.6) is 0 Å². The van der Waals surface area contributed by atoms with Crippen LogP contribution in [0.1, 0.15) is 42.4 Å². The second-order valence-corrected chi connectivity index (χ2v) is 5.78. The van der Waals surface area contributed by atoms with Gasteiger partial charge in [-0.3, -0.25) is 0 Å². The van der Waals surface area contributed by atoms with Crippen molar-refractivity contribution in [3.8, 4) is 0 Å². The standard InChI is InChI=1S/C13H25N3S/c1-6-16(7-2)9-8-14-10(3)13-11(4)17-12(5)15-13/h10,14H,6-9H2,1-5H3. The molecule has 1 heterocycles. The van der Waals surface area contributed by atoms with Crippen molar-refractivity contribution in [2.45, 2.75) is 40.7 Å². The van der Waals surface area contributed by atoms with Crippen molar-refractivity contribution >= 4 is 11.3 Å². The second-order valence-electron chi connectivity index (χ2n) is 4.38. The highest BCUT2D eigenvalue weighted by molar-refractivity contribution is 7.11. The molecule has 0 aromatic carbocycles. The van der Waals surface area contributed by atoms with E-state index in [9.17, 15) is 0 Å².